The Morgan fingerprint density at radius 2 is 1.47 bits per heavy atom. The molecule has 0 unspecified atom stereocenters. The van der Waals surface area contributed by atoms with Gasteiger partial charge in [-0.2, -0.15) is 0 Å². The molecular formula is C36H44BrNO5. The fourth-order valence-electron chi connectivity index (χ4n) is 6.83. The lowest BCUT2D eigenvalue weighted by molar-refractivity contribution is -0.119. The molecule has 0 saturated heterocycles. The number of ether oxygens (including phenoxy) is 3. The van der Waals surface area contributed by atoms with Crippen molar-refractivity contribution in [1.82, 2.24) is 4.90 Å². The maximum atomic E-state index is 14.1. The summed E-state index contributed by atoms with van der Waals surface area (Å²) in [5, 5.41) is 0. The van der Waals surface area contributed by atoms with E-state index in [0.717, 1.165) is 51.0 Å². The molecule has 0 spiro atoms. The van der Waals surface area contributed by atoms with Crippen molar-refractivity contribution in [2.75, 3.05) is 26.9 Å². The summed E-state index contributed by atoms with van der Waals surface area (Å²) in [4.78, 5) is 30.4. The third kappa shape index (κ3) is 6.48. The summed E-state index contributed by atoms with van der Waals surface area (Å²) < 4.78 is 18.7. The van der Waals surface area contributed by atoms with Gasteiger partial charge in [0.2, 0.25) is 0 Å². The zero-order valence-corrected chi connectivity index (χ0v) is 28.2. The number of halogens is 1. The van der Waals surface area contributed by atoms with Crippen LogP contribution in [0.2, 0.25) is 0 Å². The van der Waals surface area contributed by atoms with E-state index in [0.29, 0.717) is 50.7 Å². The molecule has 2 aromatic rings. The minimum atomic E-state index is -0.461. The van der Waals surface area contributed by atoms with Gasteiger partial charge in [-0.3, -0.25) is 9.59 Å². The quantitative estimate of drug-likeness (QED) is 0.274. The Morgan fingerprint density at radius 1 is 0.884 bits per heavy atom. The van der Waals surface area contributed by atoms with Crippen LogP contribution in [0.15, 0.2) is 63.4 Å². The van der Waals surface area contributed by atoms with E-state index >= 15 is 0 Å². The average Bonchev–Trinajstić information content (AvgIpc) is 2.91. The number of nitrogens with zero attached hydrogens (tertiary/aromatic N) is 1. The van der Waals surface area contributed by atoms with Crippen LogP contribution >= 0.6 is 15.9 Å². The largest absolute Gasteiger partial charge is 0.490 e. The zero-order valence-electron chi connectivity index (χ0n) is 26.6. The number of methoxy groups -OCH3 is 1. The number of aryl methyl sites for hydroxylation is 1. The summed E-state index contributed by atoms with van der Waals surface area (Å²) in [7, 11) is 1.69. The highest BCUT2D eigenvalue weighted by Gasteiger charge is 2.49. The van der Waals surface area contributed by atoms with Crippen molar-refractivity contribution in [2.24, 2.45) is 10.8 Å². The van der Waals surface area contributed by atoms with Gasteiger partial charge < -0.3 is 19.1 Å². The molecule has 0 N–H and O–H groups in total. The third-order valence-electron chi connectivity index (χ3n) is 8.71. The van der Waals surface area contributed by atoms with Gasteiger partial charge in [-0.1, -0.05) is 57.5 Å². The second-order valence-electron chi connectivity index (χ2n) is 13.7. The lowest BCUT2D eigenvalue weighted by Gasteiger charge is -2.49. The van der Waals surface area contributed by atoms with Crippen molar-refractivity contribution in [2.45, 2.75) is 79.8 Å². The Morgan fingerprint density at radius 3 is 2.00 bits per heavy atom. The number of hydrogen-bond donors (Lipinski definition) is 0. The molecule has 0 radical (unpaired) electrons. The van der Waals surface area contributed by atoms with Crippen molar-refractivity contribution in [3.8, 4) is 11.5 Å². The molecule has 1 heterocycles. The van der Waals surface area contributed by atoms with Crippen LogP contribution in [0.4, 0.5) is 0 Å². The van der Waals surface area contributed by atoms with E-state index in [-0.39, 0.29) is 22.4 Å². The SMILES string of the molecule is CCOc1cc(C2C3=C(CC(C)(C)CC3=O)N(CCOC)C3=C2C(=O)CC(C)(C)C3)cc(Br)c1OCc1ccc(C)cc1. The number of Topliss-reactive ketones (excluding diaryl/α,β-unsaturated/α-hetero) is 2. The molecule has 1 aliphatic heterocycles. The first-order valence-electron chi connectivity index (χ1n) is 15.3. The molecule has 0 fully saturated rings. The first-order chi connectivity index (χ1) is 20.3. The minimum Gasteiger partial charge on any atom is -0.490 e. The van der Waals surface area contributed by atoms with Crippen molar-refractivity contribution in [1.29, 1.82) is 0 Å². The molecule has 0 atom stereocenters. The molecule has 2 aromatic carbocycles. The number of carbonyl (C=O) groups excluding carboxylic acids is 2. The van der Waals surface area contributed by atoms with E-state index in [2.05, 4.69) is 79.7 Å². The lowest BCUT2D eigenvalue weighted by atomic mass is 9.63. The molecule has 0 amide bonds. The molecule has 3 aliphatic rings. The van der Waals surface area contributed by atoms with E-state index in [1.807, 2.05) is 19.1 Å². The van der Waals surface area contributed by atoms with Gasteiger partial charge in [0, 0.05) is 55.0 Å². The lowest BCUT2D eigenvalue weighted by Crippen LogP contribution is -2.45. The molecule has 7 heteroatoms. The Balaban J connectivity index is 1.66. The zero-order chi connectivity index (χ0) is 31.1. The van der Waals surface area contributed by atoms with E-state index in [9.17, 15) is 9.59 Å². The van der Waals surface area contributed by atoms with Crippen LogP contribution in [0.5, 0.6) is 11.5 Å². The second kappa shape index (κ2) is 12.2. The van der Waals surface area contributed by atoms with Crippen molar-refractivity contribution < 1.29 is 23.8 Å². The molecule has 0 saturated carbocycles. The Labute approximate surface area is 264 Å². The molecule has 0 bridgehead atoms. The summed E-state index contributed by atoms with van der Waals surface area (Å²) in [6.45, 7) is 14.6. The monoisotopic (exact) mass is 649 g/mol. The van der Waals surface area contributed by atoms with Crippen LogP contribution in [0.25, 0.3) is 0 Å². The van der Waals surface area contributed by atoms with E-state index in [4.69, 9.17) is 14.2 Å². The van der Waals surface area contributed by atoms with Crippen LogP contribution in [0.1, 0.15) is 82.9 Å². The Kier molecular flexibility index (Phi) is 8.97. The van der Waals surface area contributed by atoms with Crippen LogP contribution in [0.3, 0.4) is 0 Å². The van der Waals surface area contributed by atoms with Gasteiger partial charge in [0.25, 0.3) is 0 Å². The van der Waals surface area contributed by atoms with Gasteiger partial charge in [-0.05, 0) is 76.7 Å². The highest BCUT2D eigenvalue weighted by atomic mass is 79.9. The maximum absolute atomic E-state index is 14.1. The molecule has 6 nitrogen and oxygen atoms in total. The molecule has 2 aliphatic carbocycles. The average molecular weight is 651 g/mol. The van der Waals surface area contributed by atoms with Crippen LogP contribution in [-0.4, -0.2) is 43.3 Å². The Bertz CT molecular complexity index is 1430. The smallest absolute Gasteiger partial charge is 0.175 e. The van der Waals surface area contributed by atoms with Gasteiger partial charge in [0.05, 0.1) is 17.7 Å². The van der Waals surface area contributed by atoms with Gasteiger partial charge in [-0.25, -0.2) is 0 Å². The number of carbonyl (C=O) groups is 2. The molecule has 43 heavy (non-hydrogen) atoms. The highest BCUT2D eigenvalue weighted by Crippen LogP contribution is 2.55. The van der Waals surface area contributed by atoms with Crippen LogP contribution in [0, 0.1) is 17.8 Å². The molecule has 5 rings (SSSR count). The first kappa shape index (κ1) is 31.5. The van der Waals surface area contributed by atoms with Gasteiger partial charge in [-0.15, -0.1) is 0 Å². The fourth-order valence-corrected chi connectivity index (χ4v) is 7.41. The first-order valence-corrected chi connectivity index (χ1v) is 16.1. The van der Waals surface area contributed by atoms with Crippen molar-refractivity contribution in [3.63, 3.8) is 0 Å². The van der Waals surface area contributed by atoms with E-state index in [1.165, 1.54) is 5.56 Å². The number of ketones is 2. The van der Waals surface area contributed by atoms with Crippen LogP contribution < -0.4 is 9.47 Å². The van der Waals surface area contributed by atoms with Gasteiger partial charge in [0.15, 0.2) is 23.1 Å². The predicted octanol–water partition coefficient (Wildman–Crippen LogP) is 8.07. The molecule has 0 aromatic heterocycles. The number of benzene rings is 2. The topological polar surface area (TPSA) is 65.1 Å². The van der Waals surface area contributed by atoms with Crippen molar-refractivity contribution in [3.05, 3.63) is 80.1 Å². The summed E-state index contributed by atoms with van der Waals surface area (Å²) >= 11 is 3.77. The number of rotatable bonds is 9. The number of hydrogen-bond acceptors (Lipinski definition) is 6. The normalized spacial score (nSPS) is 19.9. The van der Waals surface area contributed by atoms with E-state index < -0.39 is 5.92 Å². The fraction of sp³-hybridized carbons (Fsp3) is 0.500. The van der Waals surface area contributed by atoms with Crippen molar-refractivity contribution >= 4 is 27.5 Å². The second-order valence-corrected chi connectivity index (χ2v) is 14.6. The molecule has 230 valence electrons. The van der Waals surface area contributed by atoms with Gasteiger partial charge in [0.1, 0.15) is 6.61 Å². The van der Waals surface area contributed by atoms with Crippen LogP contribution in [-0.2, 0) is 20.9 Å². The van der Waals surface area contributed by atoms with E-state index in [1.54, 1.807) is 7.11 Å². The molecular weight excluding hydrogens is 606 g/mol. The number of allylic oxidation sites excluding steroid dienone is 4. The maximum Gasteiger partial charge on any atom is 0.175 e. The standard InChI is InChI=1S/C36H44BrNO5/c1-8-42-30-16-24(15-25(37)34(30)43-21-23-11-9-22(2)10-12-23)31-32-26(17-35(3,4)19-28(32)39)38(13-14-41-7)27-18-36(5,6)20-29(40)33(27)31/h9-12,15-16,31H,8,13-14,17-21H2,1-7H3. The summed E-state index contributed by atoms with van der Waals surface area (Å²) in [5.74, 6) is 0.961. The summed E-state index contributed by atoms with van der Waals surface area (Å²) in [5.41, 5.74) is 6.30. The van der Waals surface area contributed by atoms with Gasteiger partial charge >= 0.3 is 0 Å². The predicted molar refractivity (Wildman–Crippen MR) is 172 cm³/mol. The highest BCUT2D eigenvalue weighted by molar-refractivity contribution is 9.10. The minimum absolute atomic E-state index is 0.108. The summed E-state index contributed by atoms with van der Waals surface area (Å²) in [6.07, 6.45) is 2.41. The summed E-state index contributed by atoms with van der Waals surface area (Å²) in [6, 6.07) is 12.2. The third-order valence-corrected chi connectivity index (χ3v) is 9.30. The Hall–Kier alpha value is -2.90.